The molecule has 0 fully saturated rings. The van der Waals surface area contributed by atoms with Gasteiger partial charge in [0.25, 0.3) is 0 Å². The van der Waals surface area contributed by atoms with E-state index in [1.165, 1.54) is 5.56 Å². The Balaban J connectivity index is 3.02. The molecule has 19 heavy (non-hydrogen) atoms. The summed E-state index contributed by atoms with van der Waals surface area (Å²) in [4.78, 5) is 11.5. The first kappa shape index (κ1) is 15.5. The van der Waals surface area contributed by atoms with Gasteiger partial charge in [0, 0.05) is 17.8 Å². The van der Waals surface area contributed by atoms with Crippen molar-refractivity contribution in [3.63, 3.8) is 0 Å². The minimum Gasteiger partial charge on any atom is -0.385 e. The molecule has 1 aromatic rings. The van der Waals surface area contributed by atoms with E-state index in [1.54, 1.807) is 0 Å². The lowest BCUT2D eigenvalue weighted by atomic mass is 9.94. The first-order valence-electron chi connectivity index (χ1n) is 7.19. The largest absolute Gasteiger partial charge is 0.385 e. The highest BCUT2D eigenvalue weighted by molar-refractivity contribution is 5.95. The molecule has 3 N–H and O–H groups in total. The summed E-state index contributed by atoms with van der Waals surface area (Å²) in [7, 11) is 0. The molecular formula is C16H26N2O. The molecule has 0 aromatic heterocycles. The maximum absolute atomic E-state index is 11.5. The van der Waals surface area contributed by atoms with Crippen molar-refractivity contribution in [3.05, 3.63) is 28.8 Å². The molecule has 0 heterocycles. The molecule has 0 bridgehead atoms. The number of carbonyl (C=O) groups is 1. The lowest BCUT2D eigenvalue weighted by Gasteiger charge is -2.17. The Morgan fingerprint density at radius 1 is 1.21 bits per heavy atom. The standard InChI is InChI=1S/C16H26N2O/c1-5-12-13(6-2)15(18-10-9-11(3)4)8-7-14(12)16(17)19/h7-8,11,18H,5-6,9-10H2,1-4H3,(H2,17,19). The Labute approximate surface area is 116 Å². The number of nitrogens with two attached hydrogens (primary N) is 1. The van der Waals surface area contributed by atoms with Gasteiger partial charge in [0.05, 0.1) is 0 Å². The Bertz CT molecular complexity index is 439. The molecule has 0 saturated carbocycles. The van der Waals surface area contributed by atoms with Crippen LogP contribution in [0.1, 0.15) is 55.6 Å². The van der Waals surface area contributed by atoms with Crippen LogP contribution in [0, 0.1) is 5.92 Å². The summed E-state index contributed by atoms with van der Waals surface area (Å²) < 4.78 is 0. The summed E-state index contributed by atoms with van der Waals surface area (Å²) in [6.07, 6.45) is 2.89. The second-order valence-corrected chi connectivity index (χ2v) is 5.30. The first-order chi connectivity index (χ1) is 9.01. The smallest absolute Gasteiger partial charge is 0.248 e. The number of hydrogen-bond donors (Lipinski definition) is 2. The highest BCUT2D eigenvalue weighted by Gasteiger charge is 2.13. The second kappa shape index (κ2) is 7.17. The molecule has 0 aliphatic carbocycles. The molecule has 0 unspecified atom stereocenters. The monoisotopic (exact) mass is 262 g/mol. The van der Waals surface area contributed by atoms with Crippen LogP contribution in [-0.2, 0) is 12.8 Å². The van der Waals surface area contributed by atoms with Gasteiger partial charge in [-0.3, -0.25) is 4.79 Å². The van der Waals surface area contributed by atoms with Crippen molar-refractivity contribution >= 4 is 11.6 Å². The van der Waals surface area contributed by atoms with Gasteiger partial charge in [0.15, 0.2) is 0 Å². The normalized spacial score (nSPS) is 10.8. The number of carbonyl (C=O) groups excluding carboxylic acids is 1. The molecule has 1 amide bonds. The van der Waals surface area contributed by atoms with Crippen LogP contribution in [0.5, 0.6) is 0 Å². The number of anilines is 1. The molecule has 0 atom stereocenters. The third kappa shape index (κ3) is 3.98. The van der Waals surface area contributed by atoms with Crippen LogP contribution in [0.3, 0.4) is 0 Å². The van der Waals surface area contributed by atoms with Crippen molar-refractivity contribution in [2.24, 2.45) is 11.7 Å². The van der Waals surface area contributed by atoms with Crippen LogP contribution < -0.4 is 11.1 Å². The van der Waals surface area contributed by atoms with Gasteiger partial charge in [-0.15, -0.1) is 0 Å². The van der Waals surface area contributed by atoms with E-state index in [9.17, 15) is 4.79 Å². The van der Waals surface area contributed by atoms with Gasteiger partial charge in [-0.1, -0.05) is 27.7 Å². The summed E-state index contributed by atoms with van der Waals surface area (Å²) in [5, 5.41) is 3.48. The van der Waals surface area contributed by atoms with Gasteiger partial charge in [-0.25, -0.2) is 0 Å². The zero-order valence-corrected chi connectivity index (χ0v) is 12.5. The van der Waals surface area contributed by atoms with Crippen molar-refractivity contribution in [1.29, 1.82) is 0 Å². The van der Waals surface area contributed by atoms with E-state index in [0.29, 0.717) is 11.5 Å². The molecule has 1 aromatic carbocycles. The van der Waals surface area contributed by atoms with E-state index < -0.39 is 0 Å². The van der Waals surface area contributed by atoms with Crippen LogP contribution in [0.2, 0.25) is 0 Å². The van der Waals surface area contributed by atoms with E-state index in [-0.39, 0.29) is 5.91 Å². The lowest BCUT2D eigenvalue weighted by Crippen LogP contribution is -2.16. The molecule has 3 heteroatoms. The summed E-state index contributed by atoms with van der Waals surface area (Å²) >= 11 is 0. The van der Waals surface area contributed by atoms with Crippen LogP contribution in [0.15, 0.2) is 12.1 Å². The Morgan fingerprint density at radius 2 is 1.84 bits per heavy atom. The molecule has 3 nitrogen and oxygen atoms in total. The Morgan fingerprint density at radius 3 is 2.32 bits per heavy atom. The van der Waals surface area contributed by atoms with Gasteiger partial charge in [0.2, 0.25) is 5.91 Å². The number of primary amides is 1. The molecule has 0 radical (unpaired) electrons. The number of hydrogen-bond acceptors (Lipinski definition) is 2. The first-order valence-corrected chi connectivity index (χ1v) is 7.19. The van der Waals surface area contributed by atoms with Gasteiger partial charge in [-0.05, 0) is 48.4 Å². The fourth-order valence-corrected chi connectivity index (χ4v) is 2.39. The third-order valence-corrected chi connectivity index (χ3v) is 3.44. The fraction of sp³-hybridized carbons (Fsp3) is 0.562. The maximum Gasteiger partial charge on any atom is 0.248 e. The predicted octanol–water partition coefficient (Wildman–Crippen LogP) is 3.37. The second-order valence-electron chi connectivity index (χ2n) is 5.30. The van der Waals surface area contributed by atoms with E-state index in [0.717, 1.165) is 37.1 Å². The molecule has 0 saturated heterocycles. The number of nitrogens with one attached hydrogen (secondary N) is 1. The van der Waals surface area contributed by atoms with Gasteiger partial charge in [0.1, 0.15) is 0 Å². The van der Waals surface area contributed by atoms with Gasteiger partial charge < -0.3 is 11.1 Å². The molecule has 1 rings (SSSR count). The molecule has 106 valence electrons. The fourth-order valence-electron chi connectivity index (χ4n) is 2.39. The Hall–Kier alpha value is -1.51. The third-order valence-electron chi connectivity index (χ3n) is 3.44. The van der Waals surface area contributed by atoms with Crippen LogP contribution in [0.25, 0.3) is 0 Å². The summed E-state index contributed by atoms with van der Waals surface area (Å²) in [6, 6.07) is 3.83. The van der Waals surface area contributed by atoms with Crippen molar-refractivity contribution in [2.45, 2.75) is 47.0 Å². The van der Waals surface area contributed by atoms with Crippen molar-refractivity contribution in [2.75, 3.05) is 11.9 Å². The van der Waals surface area contributed by atoms with Crippen molar-refractivity contribution in [1.82, 2.24) is 0 Å². The lowest BCUT2D eigenvalue weighted by molar-refractivity contribution is 0.0999. The van der Waals surface area contributed by atoms with E-state index in [1.807, 2.05) is 12.1 Å². The highest BCUT2D eigenvalue weighted by atomic mass is 16.1. The Kier molecular flexibility index (Phi) is 5.87. The predicted molar refractivity (Wildman–Crippen MR) is 81.7 cm³/mol. The summed E-state index contributed by atoms with van der Waals surface area (Å²) in [5.41, 5.74) is 9.56. The molecular weight excluding hydrogens is 236 g/mol. The SMILES string of the molecule is CCc1c(NCCC(C)C)ccc(C(N)=O)c1CC. The zero-order valence-electron chi connectivity index (χ0n) is 12.5. The number of rotatable bonds is 7. The van der Waals surface area contributed by atoms with Crippen LogP contribution >= 0.6 is 0 Å². The highest BCUT2D eigenvalue weighted by Crippen LogP contribution is 2.25. The zero-order chi connectivity index (χ0) is 14.4. The summed E-state index contributed by atoms with van der Waals surface area (Å²) in [5.74, 6) is 0.355. The van der Waals surface area contributed by atoms with Crippen LogP contribution in [-0.4, -0.2) is 12.5 Å². The average molecular weight is 262 g/mol. The van der Waals surface area contributed by atoms with Crippen molar-refractivity contribution in [3.8, 4) is 0 Å². The summed E-state index contributed by atoms with van der Waals surface area (Å²) in [6.45, 7) is 9.58. The van der Waals surface area contributed by atoms with Gasteiger partial charge >= 0.3 is 0 Å². The topological polar surface area (TPSA) is 55.1 Å². The van der Waals surface area contributed by atoms with Crippen LogP contribution in [0.4, 0.5) is 5.69 Å². The van der Waals surface area contributed by atoms with Crippen molar-refractivity contribution < 1.29 is 4.79 Å². The number of amides is 1. The molecule has 0 aliphatic rings. The minimum absolute atomic E-state index is 0.333. The quantitative estimate of drug-likeness (QED) is 0.791. The van der Waals surface area contributed by atoms with E-state index in [4.69, 9.17) is 5.73 Å². The maximum atomic E-state index is 11.5. The number of benzene rings is 1. The molecule has 0 spiro atoms. The average Bonchev–Trinajstić information content (AvgIpc) is 2.36. The van der Waals surface area contributed by atoms with Gasteiger partial charge in [-0.2, -0.15) is 0 Å². The van der Waals surface area contributed by atoms with E-state index >= 15 is 0 Å². The minimum atomic E-state index is -0.333. The molecule has 0 aliphatic heterocycles. The van der Waals surface area contributed by atoms with E-state index in [2.05, 4.69) is 33.0 Å².